The molecule has 0 spiro atoms. The van der Waals surface area contributed by atoms with Crippen molar-refractivity contribution in [2.75, 3.05) is 0 Å². The minimum atomic E-state index is 0.496. The van der Waals surface area contributed by atoms with Crippen LogP contribution in [0.15, 0.2) is 23.6 Å². The third-order valence-corrected chi connectivity index (χ3v) is 6.16. The van der Waals surface area contributed by atoms with Gasteiger partial charge in [-0.25, -0.2) is 9.97 Å². The first-order chi connectivity index (χ1) is 8.31. The maximum atomic E-state index is 4.41. The molecule has 1 aromatic rings. The van der Waals surface area contributed by atoms with Gasteiger partial charge in [0.2, 0.25) is 0 Å². The highest BCUT2D eigenvalue weighted by molar-refractivity contribution is 8.00. The average Bonchev–Trinajstić information content (AvgIpc) is 2.27. The van der Waals surface area contributed by atoms with Crippen LogP contribution in [0.4, 0.5) is 0 Å². The summed E-state index contributed by atoms with van der Waals surface area (Å²) < 4.78 is 0.496. The number of nitrogens with zero attached hydrogens (tertiary/aromatic N) is 2. The van der Waals surface area contributed by atoms with Crippen molar-refractivity contribution >= 4 is 11.8 Å². The van der Waals surface area contributed by atoms with E-state index in [0.717, 1.165) is 22.9 Å². The molecule has 0 amide bonds. The first kappa shape index (κ1) is 10.4. The van der Waals surface area contributed by atoms with Gasteiger partial charge in [0, 0.05) is 17.1 Å². The Labute approximate surface area is 107 Å². The predicted molar refractivity (Wildman–Crippen MR) is 68.8 cm³/mol. The van der Waals surface area contributed by atoms with Crippen molar-refractivity contribution in [1.29, 1.82) is 0 Å². The molecule has 4 bridgehead atoms. The zero-order valence-electron chi connectivity index (χ0n) is 10.0. The predicted octanol–water partition coefficient (Wildman–Crippen LogP) is 3.54. The minimum Gasteiger partial charge on any atom is -0.231 e. The van der Waals surface area contributed by atoms with Gasteiger partial charge in [-0.05, 0) is 62.3 Å². The minimum absolute atomic E-state index is 0.496. The van der Waals surface area contributed by atoms with E-state index in [1.165, 1.54) is 38.5 Å². The molecule has 0 unspecified atom stereocenters. The van der Waals surface area contributed by atoms with Gasteiger partial charge < -0.3 is 0 Å². The first-order valence-electron chi connectivity index (χ1n) is 6.77. The number of hydrogen-bond donors (Lipinski definition) is 0. The summed E-state index contributed by atoms with van der Waals surface area (Å²) in [7, 11) is 0. The maximum absolute atomic E-state index is 4.41. The van der Waals surface area contributed by atoms with E-state index >= 15 is 0 Å². The van der Waals surface area contributed by atoms with Crippen molar-refractivity contribution in [1.82, 2.24) is 9.97 Å². The molecule has 4 fully saturated rings. The Morgan fingerprint density at radius 3 is 2.00 bits per heavy atom. The number of thioether (sulfide) groups is 1. The van der Waals surface area contributed by atoms with Crippen LogP contribution in [-0.4, -0.2) is 14.7 Å². The zero-order chi connectivity index (χ0) is 11.3. The lowest BCUT2D eigenvalue weighted by Crippen LogP contribution is -2.48. The maximum Gasteiger partial charge on any atom is 0.188 e. The average molecular weight is 246 g/mol. The van der Waals surface area contributed by atoms with Crippen molar-refractivity contribution < 1.29 is 0 Å². The molecule has 4 aliphatic carbocycles. The Hall–Kier alpha value is -0.570. The Bertz CT molecular complexity index is 382. The van der Waals surface area contributed by atoms with Gasteiger partial charge in [-0.2, -0.15) is 0 Å². The summed E-state index contributed by atoms with van der Waals surface area (Å²) in [6.45, 7) is 0. The molecular weight excluding hydrogens is 228 g/mol. The molecule has 17 heavy (non-hydrogen) atoms. The second kappa shape index (κ2) is 3.71. The Kier molecular flexibility index (Phi) is 2.26. The normalized spacial score (nSPS) is 42.9. The second-order valence-corrected chi connectivity index (χ2v) is 7.67. The van der Waals surface area contributed by atoms with Crippen molar-refractivity contribution in [3.63, 3.8) is 0 Å². The van der Waals surface area contributed by atoms with Gasteiger partial charge in [0.05, 0.1) is 0 Å². The van der Waals surface area contributed by atoms with Crippen LogP contribution in [0.1, 0.15) is 38.5 Å². The summed E-state index contributed by atoms with van der Waals surface area (Å²) in [6, 6.07) is 1.91. The molecule has 4 saturated carbocycles. The summed E-state index contributed by atoms with van der Waals surface area (Å²) in [6.07, 6.45) is 12.5. The number of rotatable bonds is 2. The lowest BCUT2D eigenvalue weighted by molar-refractivity contribution is 0.0382. The van der Waals surface area contributed by atoms with Crippen molar-refractivity contribution in [3.05, 3.63) is 18.5 Å². The van der Waals surface area contributed by atoms with Gasteiger partial charge >= 0.3 is 0 Å². The monoisotopic (exact) mass is 246 g/mol. The molecule has 0 aliphatic heterocycles. The molecule has 0 N–H and O–H groups in total. The van der Waals surface area contributed by atoms with Crippen LogP contribution < -0.4 is 0 Å². The molecule has 0 saturated heterocycles. The van der Waals surface area contributed by atoms with Gasteiger partial charge in [-0.15, -0.1) is 0 Å². The molecule has 3 heteroatoms. The van der Waals surface area contributed by atoms with Crippen molar-refractivity contribution in [2.24, 2.45) is 17.8 Å². The SMILES string of the molecule is c1cnc(SC23CC4CC(CC(C4)C2)C3)nc1. The molecule has 0 atom stereocenters. The molecule has 1 aromatic heterocycles. The van der Waals surface area contributed by atoms with E-state index in [-0.39, 0.29) is 0 Å². The van der Waals surface area contributed by atoms with E-state index in [1.54, 1.807) is 0 Å². The Morgan fingerprint density at radius 2 is 1.47 bits per heavy atom. The van der Waals surface area contributed by atoms with Crippen LogP contribution >= 0.6 is 11.8 Å². The summed E-state index contributed by atoms with van der Waals surface area (Å²) >= 11 is 1.98. The van der Waals surface area contributed by atoms with Gasteiger partial charge in [-0.1, -0.05) is 11.8 Å². The summed E-state index contributed by atoms with van der Waals surface area (Å²) in [5.41, 5.74) is 0. The van der Waals surface area contributed by atoms with E-state index in [1.807, 2.05) is 30.2 Å². The van der Waals surface area contributed by atoms with Crippen molar-refractivity contribution in [2.45, 2.75) is 48.4 Å². The third-order valence-electron chi connectivity index (χ3n) is 4.83. The molecule has 1 heterocycles. The van der Waals surface area contributed by atoms with Crippen LogP contribution in [-0.2, 0) is 0 Å². The van der Waals surface area contributed by atoms with Crippen LogP contribution in [0.3, 0.4) is 0 Å². The number of hydrogen-bond acceptors (Lipinski definition) is 3. The summed E-state index contributed by atoms with van der Waals surface area (Å²) in [5, 5.41) is 0.995. The highest BCUT2D eigenvalue weighted by atomic mass is 32.2. The Morgan fingerprint density at radius 1 is 0.941 bits per heavy atom. The van der Waals surface area contributed by atoms with E-state index < -0.39 is 0 Å². The molecule has 0 radical (unpaired) electrons. The fraction of sp³-hybridized carbons (Fsp3) is 0.714. The molecule has 4 aliphatic rings. The quantitative estimate of drug-likeness (QED) is 0.746. The molecule has 0 aromatic carbocycles. The van der Waals surface area contributed by atoms with E-state index in [4.69, 9.17) is 0 Å². The van der Waals surface area contributed by atoms with E-state index in [0.29, 0.717) is 4.75 Å². The van der Waals surface area contributed by atoms with Gasteiger partial charge in [0.15, 0.2) is 5.16 Å². The Balaban J connectivity index is 1.61. The standard InChI is InChI=1S/C14H18N2S/c1-2-15-13(16-3-1)17-14-7-10-4-11(8-14)6-12(5-10)9-14/h1-3,10-12H,4-9H2. The molecule has 90 valence electrons. The lowest BCUT2D eigenvalue weighted by atomic mass is 9.56. The molecule has 2 nitrogen and oxygen atoms in total. The van der Waals surface area contributed by atoms with E-state index in [2.05, 4.69) is 9.97 Å². The van der Waals surface area contributed by atoms with Crippen LogP contribution in [0, 0.1) is 17.8 Å². The molecule has 5 rings (SSSR count). The fourth-order valence-corrected chi connectivity index (χ4v) is 6.26. The summed E-state index contributed by atoms with van der Waals surface area (Å²) in [4.78, 5) is 8.81. The number of aromatic nitrogens is 2. The third kappa shape index (κ3) is 1.79. The van der Waals surface area contributed by atoms with Gasteiger partial charge in [-0.3, -0.25) is 0 Å². The topological polar surface area (TPSA) is 25.8 Å². The van der Waals surface area contributed by atoms with Crippen LogP contribution in [0.2, 0.25) is 0 Å². The summed E-state index contributed by atoms with van der Waals surface area (Å²) in [5.74, 6) is 3.03. The highest BCUT2D eigenvalue weighted by Crippen LogP contribution is 2.61. The smallest absolute Gasteiger partial charge is 0.188 e. The van der Waals surface area contributed by atoms with E-state index in [9.17, 15) is 0 Å². The first-order valence-corrected chi connectivity index (χ1v) is 7.59. The van der Waals surface area contributed by atoms with Gasteiger partial charge in [0.25, 0.3) is 0 Å². The van der Waals surface area contributed by atoms with Gasteiger partial charge in [0.1, 0.15) is 0 Å². The largest absolute Gasteiger partial charge is 0.231 e. The zero-order valence-corrected chi connectivity index (χ0v) is 10.8. The second-order valence-electron chi connectivity index (χ2n) is 6.23. The lowest BCUT2D eigenvalue weighted by Gasteiger charge is -2.56. The van der Waals surface area contributed by atoms with Crippen LogP contribution in [0.25, 0.3) is 0 Å². The molecular formula is C14H18N2S. The van der Waals surface area contributed by atoms with Crippen LogP contribution in [0.5, 0.6) is 0 Å². The highest BCUT2D eigenvalue weighted by Gasteiger charge is 2.51. The van der Waals surface area contributed by atoms with Crippen molar-refractivity contribution in [3.8, 4) is 0 Å². The fourth-order valence-electron chi connectivity index (χ4n) is 4.69.